The van der Waals surface area contributed by atoms with E-state index in [0.717, 1.165) is 89.9 Å². The van der Waals surface area contributed by atoms with Crippen molar-refractivity contribution in [2.45, 2.75) is 361 Å². The molecule has 77 heavy (non-hydrogen) atoms. The van der Waals surface area contributed by atoms with E-state index in [-0.39, 0.29) is 31.1 Å². The quantitative estimate of drug-likeness (QED) is 0.0261. The molecule has 0 saturated carbocycles. The second kappa shape index (κ2) is 65.6. The highest BCUT2D eigenvalue weighted by Gasteiger charge is 2.19. The Balaban J connectivity index is 4.20. The van der Waals surface area contributed by atoms with Crippen molar-refractivity contribution in [3.05, 3.63) is 60.8 Å². The molecule has 0 saturated heterocycles. The third kappa shape index (κ3) is 63.8. The van der Waals surface area contributed by atoms with Crippen LogP contribution in [0.25, 0.3) is 0 Å². The smallest absolute Gasteiger partial charge is 0.306 e. The molecular formula is C71H128O6. The molecule has 6 heteroatoms. The largest absolute Gasteiger partial charge is 0.462 e. The van der Waals surface area contributed by atoms with Crippen LogP contribution >= 0.6 is 0 Å². The van der Waals surface area contributed by atoms with Crippen LogP contribution < -0.4 is 0 Å². The summed E-state index contributed by atoms with van der Waals surface area (Å²) in [5.74, 6) is -0.879. The van der Waals surface area contributed by atoms with Gasteiger partial charge in [-0.15, -0.1) is 0 Å². The Kier molecular flexibility index (Phi) is 63.2. The predicted octanol–water partition coefficient (Wildman–Crippen LogP) is 23.1. The zero-order valence-corrected chi connectivity index (χ0v) is 51.5. The molecule has 448 valence electrons. The van der Waals surface area contributed by atoms with E-state index >= 15 is 0 Å². The molecule has 0 aliphatic rings. The first-order valence-electron chi connectivity index (χ1n) is 33.8. The molecule has 0 spiro atoms. The van der Waals surface area contributed by atoms with Crippen LogP contribution in [0.5, 0.6) is 0 Å². The van der Waals surface area contributed by atoms with Gasteiger partial charge in [0.1, 0.15) is 13.2 Å². The van der Waals surface area contributed by atoms with Crippen molar-refractivity contribution < 1.29 is 28.6 Å². The maximum Gasteiger partial charge on any atom is 0.306 e. The lowest BCUT2D eigenvalue weighted by Crippen LogP contribution is -2.30. The molecule has 0 aromatic carbocycles. The number of hydrogen-bond donors (Lipinski definition) is 0. The number of esters is 3. The highest BCUT2D eigenvalue weighted by Crippen LogP contribution is 2.17. The topological polar surface area (TPSA) is 78.9 Å². The third-order valence-corrected chi connectivity index (χ3v) is 15.0. The number of allylic oxidation sites excluding steroid dienone is 10. The highest BCUT2D eigenvalue weighted by molar-refractivity contribution is 5.71. The van der Waals surface area contributed by atoms with Gasteiger partial charge in [-0.3, -0.25) is 14.4 Å². The third-order valence-electron chi connectivity index (χ3n) is 15.0. The van der Waals surface area contributed by atoms with E-state index in [4.69, 9.17) is 14.2 Å². The Morgan fingerprint density at radius 2 is 0.506 bits per heavy atom. The van der Waals surface area contributed by atoms with Crippen molar-refractivity contribution in [1.29, 1.82) is 0 Å². The molecule has 6 nitrogen and oxygen atoms in total. The molecule has 0 N–H and O–H groups in total. The molecule has 0 radical (unpaired) electrons. The van der Waals surface area contributed by atoms with Crippen molar-refractivity contribution >= 4 is 17.9 Å². The molecule has 1 unspecified atom stereocenters. The molecule has 0 aromatic heterocycles. The first-order valence-corrected chi connectivity index (χ1v) is 33.8. The fourth-order valence-electron chi connectivity index (χ4n) is 9.92. The van der Waals surface area contributed by atoms with Gasteiger partial charge in [0.05, 0.1) is 0 Å². The number of carbonyl (C=O) groups excluding carboxylic acids is 3. The summed E-state index contributed by atoms with van der Waals surface area (Å²) in [5.41, 5.74) is 0. The lowest BCUT2D eigenvalue weighted by atomic mass is 10.0. The Morgan fingerprint density at radius 1 is 0.273 bits per heavy atom. The van der Waals surface area contributed by atoms with Gasteiger partial charge >= 0.3 is 17.9 Å². The fraction of sp³-hybridized carbons (Fsp3) is 0.817. The van der Waals surface area contributed by atoms with Crippen molar-refractivity contribution in [3.8, 4) is 0 Å². The molecule has 0 aliphatic carbocycles. The SMILES string of the molecule is CC/C=C\C/C=C\C/C=C\CCCCCCCCCC(=O)OC(COC(=O)CCCCCCC/C=C\CCCCCC)COC(=O)CCCCCCCCCCCCCCCCCCC/C=C\CCCCCCCCCC. The van der Waals surface area contributed by atoms with Crippen LogP contribution in [-0.2, 0) is 28.6 Å². The Morgan fingerprint density at radius 3 is 0.818 bits per heavy atom. The van der Waals surface area contributed by atoms with Crippen molar-refractivity contribution in [1.82, 2.24) is 0 Å². The molecule has 0 aromatic rings. The second-order valence-corrected chi connectivity index (χ2v) is 22.7. The molecule has 0 fully saturated rings. The maximum atomic E-state index is 12.9. The van der Waals surface area contributed by atoms with E-state index in [2.05, 4.69) is 81.5 Å². The normalized spacial score (nSPS) is 12.4. The molecular weight excluding hydrogens is 949 g/mol. The van der Waals surface area contributed by atoms with Gasteiger partial charge in [-0.25, -0.2) is 0 Å². The monoisotopic (exact) mass is 1080 g/mol. The van der Waals surface area contributed by atoms with Gasteiger partial charge in [0.2, 0.25) is 0 Å². The van der Waals surface area contributed by atoms with Crippen LogP contribution in [0.4, 0.5) is 0 Å². The molecule has 0 aliphatic heterocycles. The standard InChI is InChI=1S/C71H128O6/c1-4-7-10-13-16-19-22-25-27-29-30-31-32-33-34-35-36-37-38-39-40-42-43-46-49-52-55-58-61-64-70(73)76-67-68(66-75-69(72)63-60-57-54-51-48-45-24-21-18-15-12-9-6-3)77-71(74)65-62-59-56-53-50-47-44-41-28-26-23-20-17-14-11-8-5-2/h8,11,17,20-21,24,26,28-30,68H,4-7,9-10,12-16,18-19,22-23,25,27,31-67H2,1-3H3/b11-8-,20-17-,24-21-,28-26-,30-29-. The number of unbranched alkanes of at least 4 members (excludes halogenated alkanes) is 41. The number of rotatable bonds is 62. The number of carbonyl (C=O) groups is 3. The van der Waals surface area contributed by atoms with Crippen molar-refractivity contribution in [2.75, 3.05) is 13.2 Å². The van der Waals surface area contributed by atoms with Crippen LogP contribution in [0.2, 0.25) is 0 Å². The first-order chi connectivity index (χ1) is 38.0. The molecule has 0 heterocycles. The van der Waals surface area contributed by atoms with E-state index in [9.17, 15) is 14.4 Å². The van der Waals surface area contributed by atoms with E-state index in [1.54, 1.807) is 0 Å². The van der Waals surface area contributed by atoms with Crippen LogP contribution in [0.15, 0.2) is 60.8 Å². The minimum absolute atomic E-state index is 0.0781. The summed E-state index contributed by atoms with van der Waals surface area (Å²) in [5, 5.41) is 0. The van der Waals surface area contributed by atoms with Crippen molar-refractivity contribution in [2.24, 2.45) is 0 Å². The second-order valence-electron chi connectivity index (χ2n) is 22.7. The zero-order chi connectivity index (χ0) is 55.7. The van der Waals surface area contributed by atoms with Gasteiger partial charge < -0.3 is 14.2 Å². The number of hydrogen-bond acceptors (Lipinski definition) is 6. The summed E-state index contributed by atoms with van der Waals surface area (Å²) in [6.07, 6.45) is 83.9. The lowest BCUT2D eigenvalue weighted by Gasteiger charge is -2.18. The zero-order valence-electron chi connectivity index (χ0n) is 51.5. The summed E-state index contributed by atoms with van der Waals surface area (Å²) in [7, 11) is 0. The van der Waals surface area contributed by atoms with Gasteiger partial charge in [0.15, 0.2) is 6.10 Å². The number of ether oxygens (including phenoxy) is 3. The van der Waals surface area contributed by atoms with Gasteiger partial charge in [-0.05, 0) is 103 Å². The van der Waals surface area contributed by atoms with Crippen LogP contribution in [-0.4, -0.2) is 37.2 Å². The van der Waals surface area contributed by atoms with E-state index in [0.29, 0.717) is 19.3 Å². The van der Waals surface area contributed by atoms with Crippen molar-refractivity contribution in [3.63, 3.8) is 0 Å². The predicted molar refractivity (Wildman–Crippen MR) is 335 cm³/mol. The van der Waals surface area contributed by atoms with Crippen LogP contribution in [0.3, 0.4) is 0 Å². The Labute approximate surface area is 479 Å². The molecule has 0 bridgehead atoms. The summed E-state index contributed by atoms with van der Waals surface area (Å²) >= 11 is 0. The van der Waals surface area contributed by atoms with E-state index in [1.807, 2.05) is 0 Å². The van der Waals surface area contributed by atoms with Gasteiger partial charge in [-0.1, -0.05) is 293 Å². The highest BCUT2D eigenvalue weighted by atomic mass is 16.6. The van der Waals surface area contributed by atoms with Crippen LogP contribution in [0.1, 0.15) is 355 Å². The average Bonchev–Trinajstić information content (AvgIpc) is 3.43. The molecule has 1 atom stereocenters. The van der Waals surface area contributed by atoms with E-state index in [1.165, 1.54) is 225 Å². The fourth-order valence-corrected chi connectivity index (χ4v) is 9.92. The summed E-state index contributed by atoms with van der Waals surface area (Å²) in [6, 6.07) is 0. The molecule has 0 amide bonds. The Hall–Kier alpha value is -2.89. The summed E-state index contributed by atoms with van der Waals surface area (Å²) in [6.45, 7) is 6.55. The lowest BCUT2D eigenvalue weighted by molar-refractivity contribution is -0.167. The summed E-state index contributed by atoms with van der Waals surface area (Å²) < 4.78 is 16.9. The van der Waals surface area contributed by atoms with E-state index < -0.39 is 6.10 Å². The minimum Gasteiger partial charge on any atom is -0.462 e. The first kappa shape index (κ1) is 74.1. The van der Waals surface area contributed by atoms with Gasteiger partial charge in [0, 0.05) is 19.3 Å². The average molecular weight is 1080 g/mol. The molecule has 0 rings (SSSR count). The van der Waals surface area contributed by atoms with Gasteiger partial charge in [0.25, 0.3) is 0 Å². The van der Waals surface area contributed by atoms with Gasteiger partial charge in [-0.2, -0.15) is 0 Å². The maximum absolute atomic E-state index is 12.9. The minimum atomic E-state index is -0.783. The Bertz CT molecular complexity index is 1380. The van der Waals surface area contributed by atoms with Crippen LogP contribution in [0, 0.1) is 0 Å². The summed E-state index contributed by atoms with van der Waals surface area (Å²) in [4.78, 5) is 38.3.